The molecule has 0 aromatic heterocycles. The van der Waals surface area contributed by atoms with Gasteiger partial charge in [0, 0.05) is 15.8 Å². The predicted octanol–water partition coefficient (Wildman–Crippen LogP) is 4.90. The van der Waals surface area contributed by atoms with Crippen LogP contribution in [0.4, 0.5) is 5.69 Å². The normalized spacial score (nSPS) is 10.6. The Morgan fingerprint density at radius 3 is 2.62 bits per heavy atom. The Morgan fingerprint density at radius 1 is 1.44 bits per heavy atom. The summed E-state index contributed by atoms with van der Waals surface area (Å²) in [6.07, 6.45) is 2.01. The van der Waals surface area contributed by atoms with Crippen LogP contribution in [-0.2, 0) is 0 Å². The molecule has 1 N–H and O–H groups in total. The fourth-order valence-electron chi connectivity index (χ4n) is 1.11. The summed E-state index contributed by atoms with van der Waals surface area (Å²) in [4.78, 5) is 1.08. The molecule has 0 heterocycles. The quantitative estimate of drug-likeness (QED) is 0.627. The molecule has 0 bridgehead atoms. The highest BCUT2D eigenvalue weighted by atomic mass is 35.5. The molecular weight excluding hydrogens is 278 g/mol. The Hall–Kier alpha value is 0.1000. The lowest BCUT2D eigenvalue weighted by Gasteiger charge is -2.10. The van der Waals surface area contributed by atoms with Gasteiger partial charge in [-0.15, -0.1) is 11.8 Å². The number of nitrogens with one attached hydrogen (secondary N) is 1. The lowest BCUT2D eigenvalue weighted by atomic mass is 10.3. The maximum atomic E-state index is 6.11. The van der Waals surface area contributed by atoms with Crippen LogP contribution in [0.5, 0.6) is 0 Å². The lowest BCUT2D eigenvalue weighted by Crippen LogP contribution is -2.07. The molecule has 1 nitrogen and oxygen atoms in total. The summed E-state index contributed by atoms with van der Waals surface area (Å²) in [6, 6.07) is 5.89. The third kappa shape index (κ3) is 4.53. The van der Waals surface area contributed by atoms with E-state index in [1.807, 2.05) is 24.5 Å². The van der Waals surface area contributed by atoms with E-state index in [4.69, 9.17) is 23.8 Å². The molecule has 0 saturated heterocycles. The molecule has 0 amide bonds. The van der Waals surface area contributed by atoms with E-state index in [9.17, 15) is 0 Å². The van der Waals surface area contributed by atoms with E-state index in [1.165, 1.54) is 0 Å². The molecule has 88 valence electrons. The summed E-state index contributed by atoms with van der Waals surface area (Å²) < 4.78 is 0.781. The molecule has 0 radical (unpaired) electrons. The van der Waals surface area contributed by atoms with E-state index < -0.39 is 0 Å². The first-order valence-corrected chi connectivity index (χ1v) is 7.73. The third-order valence-electron chi connectivity index (χ3n) is 1.74. The molecule has 0 unspecified atom stereocenters. The van der Waals surface area contributed by atoms with Crippen molar-refractivity contribution < 1.29 is 0 Å². The van der Waals surface area contributed by atoms with Crippen LogP contribution in [-0.4, -0.2) is 15.8 Å². The summed E-state index contributed by atoms with van der Waals surface area (Å²) in [6.45, 7) is 4.23. The van der Waals surface area contributed by atoms with Gasteiger partial charge in [-0.3, -0.25) is 0 Å². The number of hydrogen-bond donors (Lipinski definition) is 1. The molecule has 0 spiro atoms. The van der Waals surface area contributed by atoms with Gasteiger partial charge in [-0.05, 0) is 24.5 Å². The van der Waals surface area contributed by atoms with E-state index in [0.29, 0.717) is 5.25 Å². The number of benzene rings is 1. The minimum Gasteiger partial charge on any atom is -0.341 e. The highest BCUT2D eigenvalue weighted by Crippen LogP contribution is 2.28. The first-order valence-electron chi connectivity index (χ1n) is 4.84. The Kier molecular flexibility index (Phi) is 5.97. The van der Waals surface area contributed by atoms with Gasteiger partial charge in [-0.25, -0.2) is 0 Å². The molecule has 16 heavy (non-hydrogen) atoms. The average molecular weight is 292 g/mol. The van der Waals surface area contributed by atoms with Crippen molar-refractivity contribution in [3.05, 3.63) is 23.2 Å². The van der Waals surface area contributed by atoms with Gasteiger partial charge in [-0.2, -0.15) is 0 Å². The highest BCUT2D eigenvalue weighted by Gasteiger charge is 2.04. The topological polar surface area (TPSA) is 12.0 Å². The Bertz CT molecular complexity index is 379. The number of thiocarbonyl (C=S) groups is 1. The van der Waals surface area contributed by atoms with E-state index in [0.717, 1.165) is 19.9 Å². The van der Waals surface area contributed by atoms with Crippen molar-refractivity contribution in [2.24, 2.45) is 0 Å². The Labute approximate surface area is 116 Å². The van der Waals surface area contributed by atoms with Gasteiger partial charge in [0.25, 0.3) is 0 Å². The van der Waals surface area contributed by atoms with E-state index in [2.05, 4.69) is 19.2 Å². The van der Waals surface area contributed by atoms with Crippen molar-refractivity contribution in [2.45, 2.75) is 24.0 Å². The number of thioether (sulfide) groups is 2. The van der Waals surface area contributed by atoms with Crippen LogP contribution < -0.4 is 5.32 Å². The van der Waals surface area contributed by atoms with Gasteiger partial charge in [0.15, 0.2) is 0 Å². The average Bonchev–Trinajstić information content (AvgIpc) is 2.16. The fourth-order valence-corrected chi connectivity index (χ4v) is 3.28. The van der Waals surface area contributed by atoms with Gasteiger partial charge in [0.1, 0.15) is 4.32 Å². The van der Waals surface area contributed by atoms with E-state index in [-0.39, 0.29) is 0 Å². The number of rotatable bonds is 3. The molecular formula is C11H14ClNS3. The number of hydrogen-bond acceptors (Lipinski definition) is 3. The zero-order valence-electron chi connectivity index (χ0n) is 9.41. The zero-order valence-corrected chi connectivity index (χ0v) is 12.6. The molecule has 0 fully saturated rings. The summed E-state index contributed by atoms with van der Waals surface area (Å²) in [7, 11) is 0. The van der Waals surface area contributed by atoms with Crippen LogP contribution in [0, 0.1) is 0 Å². The monoisotopic (exact) mass is 291 g/mol. The summed E-state index contributed by atoms with van der Waals surface area (Å²) in [5.41, 5.74) is 0.945. The second kappa shape index (κ2) is 6.74. The van der Waals surface area contributed by atoms with Gasteiger partial charge < -0.3 is 5.32 Å². The van der Waals surface area contributed by atoms with Crippen LogP contribution >= 0.6 is 47.3 Å². The SMILES string of the molecule is CSc1ccc(NC(=S)SC(C)C)cc1Cl. The molecule has 1 rings (SSSR count). The molecule has 0 aliphatic heterocycles. The smallest absolute Gasteiger partial charge is 0.138 e. The van der Waals surface area contributed by atoms with Gasteiger partial charge in [0.05, 0.1) is 5.02 Å². The van der Waals surface area contributed by atoms with Crippen molar-refractivity contribution in [1.29, 1.82) is 0 Å². The van der Waals surface area contributed by atoms with Crippen molar-refractivity contribution in [3.63, 3.8) is 0 Å². The van der Waals surface area contributed by atoms with Crippen molar-refractivity contribution >= 4 is 57.4 Å². The van der Waals surface area contributed by atoms with Crippen LogP contribution in [0.15, 0.2) is 23.1 Å². The maximum Gasteiger partial charge on any atom is 0.138 e. The van der Waals surface area contributed by atoms with Crippen molar-refractivity contribution in [1.82, 2.24) is 0 Å². The van der Waals surface area contributed by atoms with Gasteiger partial charge in [0.2, 0.25) is 0 Å². The molecule has 5 heteroatoms. The van der Waals surface area contributed by atoms with Crippen LogP contribution in [0.25, 0.3) is 0 Å². The molecule has 1 aromatic carbocycles. The Morgan fingerprint density at radius 2 is 2.12 bits per heavy atom. The highest BCUT2D eigenvalue weighted by molar-refractivity contribution is 8.23. The second-order valence-corrected chi connectivity index (χ2v) is 6.94. The summed E-state index contributed by atoms with van der Waals surface area (Å²) in [5, 5.41) is 4.41. The largest absolute Gasteiger partial charge is 0.341 e. The second-order valence-electron chi connectivity index (χ2n) is 3.43. The number of halogens is 1. The van der Waals surface area contributed by atoms with Gasteiger partial charge >= 0.3 is 0 Å². The Balaban J connectivity index is 2.68. The van der Waals surface area contributed by atoms with Gasteiger partial charge in [-0.1, -0.05) is 49.4 Å². The predicted molar refractivity (Wildman–Crippen MR) is 82.2 cm³/mol. The maximum absolute atomic E-state index is 6.11. The summed E-state index contributed by atoms with van der Waals surface area (Å²) in [5.74, 6) is 0. The van der Waals surface area contributed by atoms with Crippen LogP contribution in [0.2, 0.25) is 5.02 Å². The molecule has 1 aromatic rings. The van der Waals surface area contributed by atoms with E-state index >= 15 is 0 Å². The van der Waals surface area contributed by atoms with Crippen LogP contribution in [0.3, 0.4) is 0 Å². The van der Waals surface area contributed by atoms with Crippen LogP contribution in [0.1, 0.15) is 13.8 Å². The van der Waals surface area contributed by atoms with Crippen molar-refractivity contribution in [2.75, 3.05) is 11.6 Å². The molecule has 0 saturated carbocycles. The third-order valence-corrected chi connectivity index (χ3v) is 4.14. The zero-order chi connectivity index (χ0) is 12.1. The minimum absolute atomic E-state index is 0.487. The molecule has 0 aliphatic carbocycles. The molecule has 0 atom stereocenters. The summed E-state index contributed by atoms with van der Waals surface area (Å²) >= 11 is 14.6. The lowest BCUT2D eigenvalue weighted by molar-refractivity contribution is 1.12. The first-order chi connectivity index (χ1) is 7.52. The standard InChI is InChI=1S/C11H14ClNS3/c1-7(2)16-11(14)13-8-4-5-10(15-3)9(12)6-8/h4-7H,1-3H3,(H,13,14). The number of anilines is 1. The first kappa shape index (κ1) is 14.2. The van der Waals surface area contributed by atoms with Crippen molar-refractivity contribution in [3.8, 4) is 0 Å². The van der Waals surface area contributed by atoms with E-state index in [1.54, 1.807) is 23.5 Å². The minimum atomic E-state index is 0.487. The fraction of sp³-hybridized carbons (Fsp3) is 0.364. The molecule has 0 aliphatic rings.